The van der Waals surface area contributed by atoms with Crippen molar-refractivity contribution in [3.63, 3.8) is 0 Å². The first kappa shape index (κ1) is 8.76. The van der Waals surface area contributed by atoms with E-state index in [4.69, 9.17) is 5.26 Å². The van der Waals surface area contributed by atoms with Crippen molar-refractivity contribution in [1.29, 1.82) is 5.26 Å². The van der Waals surface area contributed by atoms with Crippen LogP contribution in [-0.4, -0.2) is 11.4 Å². The molecule has 1 aliphatic carbocycles. The molecule has 70 valence electrons. The number of benzene rings is 1. The maximum Gasteiger partial charge on any atom is 0.154 e. The highest BCUT2D eigenvalue weighted by Gasteiger charge is 2.20. The summed E-state index contributed by atoms with van der Waals surface area (Å²) in [6.45, 7) is 0. The topological polar surface area (TPSA) is 61.1 Å². The molecule has 2 rings (SSSR count). The van der Waals surface area contributed by atoms with Crippen LogP contribution >= 0.6 is 0 Å². The minimum absolute atomic E-state index is 0.164. The molecule has 1 aromatic carbocycles. The number of rotatable bonds is 1. The summed E-state index contributed by atoms with van der Waals surface area (Å²) in [5.74, 6) is -0.164. The smallest absolute Gasteiger partial charge is 0.154 e. The van der Waals surface area contributed by atoms with Gasteiger partial charge < -0.3 is 5.11 Å². The molecular formula is C11H9NO2. The average Bonchev–Trinajstić information content (AvgIpc) is 2.64. The molecule has 1 N–H and O–H groups in total. The van der Waals surface area contributed by atoms with Gasteiger partial charge in [-0.05, 0) is 36.5 Å². The fourth-order valence-corrected chi connectivity index (χ4v) is 1.98. The van der Waals surface area contributed by atoms with Gasteiger partial charge in [0.15, 0.2) is 6.29 Å². The van der Waals surface area contributed by atoms with Crippen molar-refractivity contribution in [2.75, 3.05) is 0 Å². The Labute approximate surface area is 81.6 Å². The van der Waals surface area contributed by atoms with Gasteiger partial charge in [0.1, 0.15) is 11.8 Å². The van der Waals surface area contributed by atoms with E-state index in [0.717, 1.165) is 30.4 Å². The number of phenols is 1. The van der Waals surface area contributed by atoms with Crippen LogP contribution in [0.15, 0.2) is 6.07 Å². The first-order chi connectivity index (χ1) is 6.77. The highest BCUT2D eigenvalue weighted by molar-refractivity contribution is 5.84. The highest BCUT2D eigenvalue weighted by Crippen LogP contribution is 2.32. The van der Waals surface area contributed by atoms with E-state index in [-0.39, 0.29) is 11.3 Å². The molecule has 3 heteroatoms. The van der Waals surface area contributed by atoms with E-state index in [1.807, 2.05) is 6.07 Å². The van der Waals surface area contributed by atoms with Crippen LogP contribution in [0, 0.1) is 11.3 Å². The van der Waals surface area contributed by atoms with Gasteiger partial charge in [0.2, 0.25) is 0 Å². The Kier molecular flexibility index (Phi) is 1.97. The molecule has 1 aromatic rings. The van der Waals surface area contributed by atoms with Crippen molar-refractivity contribution in [2.45, 2.75) is 19.3 Å². The van der Waals surface area contributed by atoms with E-state index >= 15 is 0 Å². The maximum absolute atomic E-state index is 10.8. The third-order valence-corrected chi connectivity index (χ3v) is 2.65. The lowest BCUT2D eigenvalue weighted by Gasteiger charge is -2.06. The fraction of sp³-hybridized carbons (Fsp3) is 0.273. The zero-order chi connectivity index (χ0) is 10.1. The van der Waals surface area contributed by atoms with Crippen molar-refractivity contribution in [3.8, 4) is 11.8 Å². The van der Waals surface area contributed by atoms with E-state index in [2.05, 4.69) is 0 Å². The Hall–Kier alpha value is -1.82. The minimum atomic E-state index is -0.164. The van der Waals surface area contributed by atoms with Gasteiger partial charge in [-0.1, -0.05) is 0 Å². The van der Waals surface area contributed by atoms with Gasteiger partial charge in [-0.2, -0.15) is 5.26 Å². The second kappa shape index (κ2) is 3.15. The Morgan fingerprint density at radius 1 is 1.50 bits per heavy atom. The van der Waals surface area contributed by atoms with Gasteiger partial charge in [-0.15, -0.1) is 0 Å². The summed E-state index contributed by atoms with van der Waals surface area (Å²) < 4.78 is 0. The predicted octanol–water partition coefficient (Wildman–Crippen LogP) is 1.57. The number of aryl methyl sites for hydroxylation is 1. The second-order valence-corrected chi connectivity index (χ2v) is 3.41. The number of nitriles is 1. The molecule has 14 heavy (non-hydrogen) atoms. The van der Waals surface area contributed by atoms with Crippen LogP contribution in [0.4, 0.5) is 0 Å². The summed E-state index contributed by atoms with van der Waals surface area (Å²) in [7, 11) is 0. The molecule has 0 spiro atoms. The van der Waals surface area contributed by atoms with Crippen LogP contribution in [0.25, 0.3) is 0 Å². The number of phenolic OH excluding ortho intramolecular Hbond substituents is 1. The summed E-state index contributed by atoms with van der Waals surface area (Å²) in [4.78, 5) is 10.8. The zero-order valence-corrected chi connectivity index (χ0v) is 7.58. The largest absolute Gasteiger partial charge is 0.506 e. The van der Waals surface area contributed by atoms with Crippen molar-refractivity contribution >= 4 is 6.29 Å². The van der Waals surface area contributed by atoms with Crippen molar-refractivity contribution in [1.82, 2.24) is 0 Å². The van der Waals surface area contributed by atoms with Gasteiger partial charge in [0.05, 0.1) is 11.1 Å². The fourth-order valence-electron chi connectivity index (χ4n) is 1.98. The lowest BCUT2D eigenvalue weighted by atomic mass is 9.99. The molecule has 0 bridgehead atoms. The van der Waals surface area contributed by atoms with E-state index in [1.165, 1.54) is 0 Å². The minimum Gasteiger partial charge on any atom is -0.506 e. The van der Waals surface area contributed by atoms with E-state index in [9.17, 15) is 9.90 Å². The average molecular weight is 187 g/mol. The molecule has 0 amide bonds. The molecule has 0 saturated heterocycles. The molecule has 0 unspecified atom stereocenters. The van der Waals surface area contributed by atoms with Gasteiger partial charge in [-0.3, -0.25) is 4.79 Å². The van der Waals surface area contributed by atoms with Crippen LogP contribution in [0.1, 0.15) is 33.5 Å². The number of carbonyl (C=O) groups is 1. The lowest BCUT2D eigenvalue weighted by molar-refractivity contribution is 0.112. The molecule has 0 atom stereocenters. The van der Waals surface area contributed by atoms with Gasteiger partial charge >= 0.3 is 0 Å². The number of hydrogen-bond donors (Lipinski definition) is 1. The number of fused-ring (bicyclic) bond motifs is 1. The molecule has 0 fully saturated rings. The monoisotopic (exact) mass is 187 g/mol. The van der Waals surface area contributed by atoms with Crippen molar-refractivity contribution in [3.05, 3.63) is 28.3 Å². The lowest BCUT2D eigenvalue weighted by Crippen LogP contribution is -1.95. The Balaban J connectivity index is 2.74. The molecule has 3 nitrogen and oxygen atoms in total. The van der Waals surface area contributed by atoms with E-state index in [0.29, 0.717) is 11.8 Å². The highest BCUT2D eigenvalue weighted by atomic mass is 16.3. The standard InChI is InChI=1S/C11H9NO2/c12-5-8-4-7-2-1-3-9(7)10(6-13)11(8)14/h4,6,14H,1-3H2. The summed E-state index contributed by atoms with van der Waals surface area (Å²) in [5, 5.41) is 18.3. The van der Waals surface area contributed by atoms with E-state index in [1.54, 1.807) is 6.07 Å². The SMILES string of the molecule is N#Cc1cc2c(c(C=O)c1O)CCC2. The summed E-state index contributed by atoms with van der Waals surface area (Å²) in [6, 6.07) is 3.58. The first-order valence-electron chi connectivity index (χ1n) is 4.51. The number of nitrogens with zero attached hydrogens (tertiary/aromatic N) is 1. The number of carbonyl (C=O) groups excluding carboxylic acids is 1. The van der Waals surface area contributed by atoms with Crippen molar-refractivity contribution in [2.24, 2.45) is 0 Å². The maximum atomic E-state index is 10.8. The van der Waals surface area contributed by atoms with Gasteiger partial charge in [0.25, 0.3) is 0 Å². The van der Waals surface area contributed by atoms with Gasteiger partial charge in [-0.25, -0.2) is 0 Å². The Morgan fingerprint density at radius 2 is 2.29 bits per heavy atom. The summed E-state index contributed by atoms with van der Waals surface area (Å²) in [5.41, 5.74) is 2.45. The van der Waals surface area contributed by atoms with Crippen LogP contribution < -0.4 is 0 Å². The quantitative estimate of drug-likeness (QED) is 0.679. The zero-order valence-electron chi connectivity index (χ0n) is 7.58. The number of aromatic hydroxyl groups is 1. The van der Waals surface area contributed by atoms with Crippen LogP contribution in [0.3, 0.4) is 0 Å². The van der Waals surface area contributed by atoms with Crippen molar-refractivity contribution < 1.29 is 9.90 Å². The second-order valence-electron chi connectivity index (χ2n) is 3.41. The molecule has 0 heterocycles. The van der Waals surface area contributed by atoms with Crippen LogP contribution in [0.5, 0.6) is 5.75 Å². The third-order valence-electron chi connectivity index (χ3n) is 2.65. The molecule has 0 aliphatic heterocycles. The summed E-state index contributed by atoms with van der Waals surface area (Å²) >= 11 is 0. The molecule has 0 saturated carbocycles. The molecular weight excluding hydrogens is 178 g/mol. The Morgan fingerprint density at radius 3 is 2.93 bits per heavy atom. The van der Waals surface area contributed by atoms with Crippen LogP contribution in [-0.2, 0) is 12.8 Å². The predicted molar refractivity (Wildman–Crippen MR) is 50.2 cm³/mol. The molecule has 0 aromatic heterocycles. The Bertz CT molecular complexity index is 440. The van der Waals surface area contributed by atoms with Crippen LogP contribution in [0.2, 0.25) is 0 Å². The first-order valence-corrected chi connectivity index (χ1v) is 4.51. The van der Waals surface area contributed by atoms with E-state index < -0.39 is 0 Å². The third kappa shape index (κ3) is 1.08. The number of aldehydes is 1. The molecule has 1 aliphatic rings. The number of hydrogen-bond acceptors (Lipinski definition) is 3. The molecule has 0 radical (unpaired) electrons. The van der Waals surface area contributed by atoms with Gasteiger partial charge in [0, 0.05) is 0 Å². The normalized spacial score (nSPS) is 13.4. The summed E-state index contributed by atoms with van der Waals surface area (Å²) in [6.07, 6.45) is 3.35.